The normalized spacial score (nSPS) is 25.7. The Kier molecular flexibility index (Phi) is 2.94. The molecule has 7 heteroatoms. The average Bonchev–Trinajstić information content (AvgIpc) is 3.34. The van der Waals surface area contributed by atoms with E-state index in [1.54, 1.807) is 0 Å². The van der Waals surface area contributed by atoms with Crippen LogP contribution in [0.25, 0.3) is 22.5 Å². The molecule has 0 unspecified atom stereocenters. The first-order valence-corrected chi connectivity index (χ1v) is 8.35. The Morgan fingerprint density at radius 2 is 2.12 bits per heavy atom. The first-order valence-electron chi connectivity index (χ1n) is 8.35. The monoisotopic (exact) mass is 325 g/mol. The highest BCUT2D eigenvalue weighted by Crippen LogP contribution is 2.39. The molecule has 1 aromatic carbocycles. The number of rotatable bonds is 3. The van der Waals surface area contributed by atoms with Gasteiger partial charge in [0.15, 0.2) is 5.58 Å². The highest BCUT2D eigenvalue weighted by Gasteiger charge is 2.42. The van der Waals surface area contributed by atoms with Crippen LogP contribution >= 0.6 is 0 Å². The van der Waals surface area contributed by atoms with Gasteiger partial charge in [-0.05, 0) is 37.5 Å². The van der Waals surface area contributed by atoms with Gasteiger partial charge in [-0.1, -0.05) is 5.16 Å². The quantitative estimate of drug-likeness (QED) is 0.792. The molecule has 1 N–H and O–H groups in total. The number of nitrogens with one attached hydrogen (secondary N) is 1. The SMILES string of the molecule is CN(C)c1nc2cc(-c3noc([C@@H]4C[C@H]5CC[C@@H]4N5)n3)ccc2o1. The van der Waals surface area contributed by atoms with Crippen LogP contribution < -0.4 is 10.2 Å². The fourth-order valence-corrected chi connectivity index (χ4v) is 3.85. The maximum absolute atomic E-state index is 5.68. The number of hydrogen-bond acceptors (Lipinski definition) is 7. The third kappa shape index (κ3) is 2.11. The summed E-state index contributed by atoms with van der Waals surface area (Å²) < 4.78 is 11.2. The second-order valence-corrected chi connectivity index (χ2v) is 6.92. The molecule has 24 heavy (non-hydrogen) atoms. The Morgan fingerprint density at radius 1 is 1.21 bits per heavy atom. The van der Waals surface area contributed by atoms with Gasteiger partial charge in [-0.2, -0.15) is 9.97 Å². The van der Waals surface area contributed by atoms with Gasteiger partial charge in [-0.15, -0.1) is 0 Å². The van der Waals surface area contributed by atoms with E-state index < -0.39 is 0 Å². The average molecular weight is 325 g/mol. The van der Waals surface area contributed by atoms with E-state index in [0.717, 1.165) is 29.0 Å². The van der Waals surface area contributed by atoms with Gasteiger partial charge in [0, 0.05) is 31.7 Å². The van der Waals surface area contributed by atoms with Gasteiger partial charge in [0.1, 0.15) is 5.52 Å². The van der Waals surface area contributed by atoms with Crippen molar-refractivity contribution in [3.63, 3.8) is 0 Å². The Hall–Kier alpha value is -2.41. The van der Waals surface area contributed by atoms with Crippen LogP contribution in [0.4, 0.5) is 6.01 Å². The molecule has 2 bridgehead atoms. The molecular weight excluding hydrogens is 306 g/mol. The lowest BCUT2D eigenvalue weighted by molar-refractivity contribution is 0.329. The van der Waals surface area contributed by atoms with Crippen LogP contribution in [0.5, 0.6) is 0 Å². The number of fused-ring (bicyclic) bond motifs is 3. The van der Waals surface area contributed by atoms with Crippen molar-refractivity contribution in [1.29, 1.82) is 0 Å². The first kappa shape index (κ1) is 14.0. The van der Waals surface area contributed by atoms with Crippen LogP contribution in [0.1, 0.15) is 31.1 Å². The second-order valence-electron chi connectivity index (χ2n) is 6.92. The predicted octanol–water partition coefficient (Wildman–Crippen LogP) is 2.55. The molecule has 2 aromatic heterocycles. The number of oxazole rings is 1. The highest BCUT2D eigenvalue weighted by molar-refractivity contribution is 5.80. The zero-order valence-corrected chi connectivity index (χ0v) is 13.7. The van der Waals surface area contributed by atoms with E-state index in [9.17, 15) is 0 Å². The van der Waals surface area contributed by atoms with E-state index in [2.05, 4.69) is 20.4 Å². The van der Waals surface area contributed by atoms with Gasteiger partial charge in [-0.3, -0.25) is 0 Å². The Morgan fingerprint density at radius 3 is 2.88 bits per heavy atom. The fraction of sp³-hybridized carbons (Fsp3) is 0.471. The van der Waals surface area contributed by atoms with Crippen molar-refractivity contribution in [2.24, 2.45) is 0 Å². The van der Waals surface area contributed by atoms with Gasteiger partial charge >= 0.3 is 0 Å². The maximum Gasteiger partial charge on any atom is 0.297 e. The number of anilines is 1. The molecule has 124 valence electrons. The highest BCUT2D eigenvalue weighted by atomic mass is 16.5. The lowest BCUT2D eigenvalue weighted by Gasteiger charge is -2.15. The minimum Gasteiger partial charge on any atom is -0.423 e. The van der Waals surface area contributed by atoms with Crippen molar-refractivity contribution < 1.29 is 8.94 Å². The zero-order chi connectivity index (χ0) is 16.3. The summed E-state index contributed by atoms with van der Waals surface area (Å²) in [4.78, 5) is 11.0. The van der Waals surface area contributed by atoms with Gasteiger partial charge < -0.3 is 19.2 Å². The number of hydrogen-bond donors (Lipinski definition) is 1. The molecule has 2 aliphatic heterocycles. The van der Waals surface area contributed by atoms with Crippen molar-refractivity contribution >= 4 is 17.1 Å². The molecule has 3 aromatic rings. The first-order chi connectivity index (χ1) is 11.7. The van der Waals surface area contributed by atoms with Gasteiger partial charge in [-0.25, -0.2) is 0 Å². The Balaban J connectivity index is 1.47. The third-order valence-corrected chi connectivity index (χ3v) is 5.08. The van der Waals surface area contributed by atoms with Crippen LogP contribution in [-0.4, -0.2) is 41.3 Å². The second kappa shape index (κ2) is 5.04. The van der Waals surface area contributed by atoms with Crippen molar-refractivity contribution in [2.45, 2.75) is 37.3 Å². The molecule has 0 radical (unpaired) electrons. The van der Waals surface area contributed by atoms with E-state index in [1.165, 1.54) is 12.8 Å². The van der Waals surface area contributed by atoms with E-state index in [4.69, 9.17) is 8.94 Å². The molecular formula is C17H19N5O2. The minimum atomic E-state index is 0.348. The molecule has 2 aliphatic rings. The largest absolute Gasteiger partial charge is 0.423 e. The van der Waals surface area contributed by atoms with E-state index >= 15 is 0 Å². The summed E-state index contributed by atoms with van der Waals surface area (Å²) in [6.45, 7) is 0. The molecule has 7 nitrogen and oxygen atoms in total. The van der Waals surface area contributed by atoms with E-state index in [0.29, 0.717) is 29.8 Å². The fourth-order valence-electron chi connectivity index (χ4n) is 3.85. The summed E-state index contributed by atoms with van der Waals surface area (Å²) in [7, 11) is 3.81. The summed E-state index contributed by atoms with van der Waals surface area (Å²) in [5.41, 5.74) is 2.44. The van der Waals surface area contributed by atoms with Crippen LogP contribution in [0.15, 0.2) is 27.1 Å². The van der Waals surface area contributed by atoms with Crippen molar-refractivity contribution in [1.82, 2.24) is 20.4 Å². The summed E-state index contributed by atoms with van der Waals surface area (Å²) in [6, 6.07) is 7.49. The summed E-state index contributed by atoms with van der Waals surface area (Å²) in [6.07, 6.45) is 3.56. The Bertz CT molecular complexity index is 899. The van der Waals surface area contributed by atoms with Gasteiger partial charge in [0.2, 0.25) is 11.7 Å². The van der Waals surface area contributed by atoms with Crippen molar-refractivity contribution in [2.75, 3.05) is 19.0 Å². The summed E-state index contributed by atoms with van der Waals surface area (Å²) in [5, 5.41) is 7.79. The third-order valence-electron chi connectivity index (χ3n) is 5.08. The van der Waals surface area contributed by atoms with Gasteiger partial charge in [0.05, 0.1) is 5.92 Å². The molecule has 3 atom stereocenters. The standard InChI is InChI=1S/C17H19N5O2/c1-22(2)17-19-13-7-9(3-6-14(13)23-17)15-20-16(24-21-15)11-8-10-4-5-12(11)18-10/h3,6-7,10-12,18H,4-5,8H2,1-2H3/t10-,11-,12+/m1/s1. The van der Waals surface area contributed by atoms with Gasteiger partial charge in [0.25, 0.3) is 6.01 Å². The van der Waals surface area contributed by atoms with Crippen LogP contribution in [0.2, 0.25) is 0 Å². The molecule has 5 rings (SSSR count). The topological polar surface area (TPSA) is 80.2 Å². The zero-order valence-electron chi connectivity index (χ0n) is 13.7. The summed E-state index contributed by atoms with van der Waals surface area (Å²) in [5.74, 6) is 1.71. The molecule has 0 spiro atoms. The Labute approximate surface area is 139 Å². The molecule has 0 amide bonds. The smallest absolute Gasteiger partial charge is 0.297 e. The maximum atomic E-state index is 5.68. The molecule has 0 saturated carbocycles. The lowest BCUT2D eigenvalue weighted by atomic mass is 9.89. The van der Waals surface area contributed by atoms with Crippen LogP contribution in [0, 0.1) is 0 Å². The number of benzene rings is 1. The summed E-state index contributed by atoms with van der Waals surface area (Å²) >= 11 is 0. The molecule has 2 fully saturated rings. The number of aromatic nitrogens is 3. The minimum absolute atomic E-state index is 0.348. The van der Waals surface area contributed by atoms with Crippen LogP contribution in [0.3, 0.4) is 0 Å². The molecule has 4 heterocycles. The van der Waals surface area contributed by atoms with Crippen molar-refractivity contribution in [3.8, 4) is 11.4 Å². The predicted molar refractivity (Wildman–Crippen MR) is 88.9 cm³/mol. The lowest BCUT2D eigenvalue weighted by Crippen LogP contribution is -2.21. The van der Waals surface area contributed by atoms with E-state index in [1.807, 2.05) is 37.2 Å². The van der Waals surface area contributed by atoms with Crippen molar-refractivity contribution in [3.05, 3.63) is 24.1 Å². The van der Waals surface area contributed by atoms with Crippen LogP contribution in [-0.2, 0) is 0 Å². The molecule has 2 saturated heterocycles. The number of nitrogens with zero attached hydrogens (tertiary/aromatic N) is 4. The van der Waals surface area contributed by atoms with E-state index in [-0.39, 0.29) is 0 Å². The molecule has 0 aliphatic carbocycles.